The molecule has 11 heavy (non-hydrogen) atoms. The average Bonchev–Trinajstić information content (AvgIpc) is 2.03. The van der Waals surface area contributed by atoms with E-state index in [1.54, 1.807) is 0 Å². The third kappa shape index (κ3) is 2.80. The molecule has 2 nitrogen and oxygen atoms in total. The number of ether oxygens (including phenoxy) is 1. The first kappa shape index (κ1) is 10.9. The van der Waals surface area contributed by atoms with E-state index in [-0.39, 0.29) is 11.6 Å². The molecule has 0 saturated carbocycles. The molecule has 0 aliphatic heterocycles. The first-order chi connectivity index (χ1) is 5.10. The third-order valence-corrected chi connectivity index (χ3v) is 2.40. The van der Waals surface area contributed by atoms with E-state index >= 15 is 0 Å². The lowest BCUT2D eigenvalue weighted by Crippen LogP contribution is -2.46. The predicted molar refractivity (Wildman–Crippen MR) is 48.6 cm³/mol. The lowest BCUT2D eigenvalue weighted by molar-refractivity contribution is -0.0469. The maximum absolute atomic E-state index is 5.92. The molecule has 0 aromatic heterocycles. The van der Waals surface area contributed by atoms with E-state index in [0.717, 1.165) is 19.4 Å². The second-order valence-electron chi connectivity index (χ2n) is 3.11. The zero-order valence-electron chi connectivity index (χ0n) is 8.18. The summed E-state index contributed by atoms with van der Waals surface area (Å²) in [5, 5.41) is 0. The van der Waals surface area contributed by atoms with Crippen LogP contribution in [0.4, 0.5) is 0 Å². The Labute approximate surface area is 70.1 Å². The SMILES string of the molecule is CCOC(C)(CC)[C@@H](N)CC. The Morgan fingerprint density at radius 2 is 1.91 bits per heavy atom. The van der Waals surface area contributed by atoms with Crippen LogP contribution < -0.4 is 5.73 Å². The monoisotopic (exact) mass is 159 g/mol. The van der Waals surface area contributed by atoms with E-state index in [1.807, 2.05) is 6.92 Å². The van der Waals surface area contributed by atoms with Gasteiger partial charge in [0.1, 0.15) is 0 Å². The van der Waals surface area contributed by atoms with E-state index < -0.39 is 0 Å². The summed E-state index contributed by atoms with van der Waals surface area (Å²) in [7, 11) is 0. The number of nitrogens with two attached hydrogens (primary N) is 1. The maximum atomic E-state index is 5.92. The summed E-state index contributed by atoms with van der Waals surface area (Å²) in [4.78, 5) is 0. The fraction of sp³-hybridized carbons (Fsp3) is 1.00. The van der Waals surface area contributed by atoms with Crippen LogP contribution in [0.25, 0.3) is 0 Å². The Hall–Kier alpha value is -0.0800. The lowest BCUT2D eigenvalue weighted by Gasteiger charge is -2.33. The van der Waals surface area contributed by atoms with Crippen molar-refractivity contribution in [3.63, 3.8) is 0 Å². The molecule has 0 aliphatic carbocycles. The van der Waals surface area contributed by atoms with Crippen LogP contribution in [0.15, 0.2) is 0 Å². The molecule has 1 unspecified atom stereocenters. The number of hydrogen-bond acceptors (Lipinski definition) is 2. The van der Waals surface area contributed by atoms with Crippen LogP contribution >= 0.6 is 0 Å². The van der Waals surface area contributed by atoms with Gasteiger partial charge < -0.3 is 10.5 Å². The van der Waals surface area contributed by atoms with Crippen molar-refractivity contribution in [2.75, 3.05) is 6.61 Å². The molecule has 0 heterocycles. The average molecular weight is 159 g/mol. The summed E-state index contributed by atoms with van der Waals surface area (Å²) in [6, 6.07) is 0.160. The van der Waals surface area contributed by atoms with Crippen LogP contribution in [0.5, 0.6) is 0 Å². The largest absolute Gasteiger partial charge is 0.374 e. The van der Waals surface area contributed by atoms with Crippen LogP contribution in [0.3, 0.4) is 0 Å². The molecule has 2 N–H and O–H groups in total. The van der Waals surface area contributed by atoms with Crippen molar-refractivity contribution >= 4 is 0 Å². The molecule has 0 aliphatic rings. The Bertz CT molecular complexity index is 106. The number of rotatable bonds is 5. The molecule has 0 aromatic carbocycles. The van der Waals surface area contributed by atoms with Crippen molar-refractivity contribution in [2.45, 2.75) is 52.2 Å². The van der Waals surface area contributed by atoms with Gasteiger partial charge in [0.2, 0.25) is 0 Å². The molecule has 68 valence electrons. The summed E-state index contributed by atoms with van der Waals surface area (Å²) >= 11 is 0. The van der Waals surface area contributed by atoms with E-state index in [0.29, 0.717) is 0 Å². The van der Waals surface area contributed by atoms with Gasteiger partial charge in [0, 0.05) is 12.6 Å². The molecule has 0 aromatic rings. The second-order valence-corrected chi connectivity index (χ2v) is 3.11. The molecule has 2 heteroatoms. The Morgan fingerprint density at radius 3 is 2.18 bits per heavy atom. The summed E-state index contributed by atoms with van der Waals surface area (Å²) in [5.74, 6) is 0. The molecule has 0 rings (SSSR count). The highest BCUT2D eigenvalue weighted by Gasteiger charge is 2.28. The summed E-state index contributed by atoms with van der Waals surface area (Å²) in [5.41, 5.74) is 5.80. The zero-order valence-corrected chi connectivity index (χ0v) is 8.18. The van der Waals surface area contributed by atoms with E-state index in [2.05, 4.69) is 20.8 Å². The van der Waals surface area contributed by atoms with Crippen molar-refractivity contribution in [3.05, 3.63) is 0 Å². The van der Waals surface area contributed by atoms with Crippen molar-refractivity contribution in [1.82, 2.24) is 0 Å². The van der Waals surface area contributed by atoms with Gasteiger partial charge >= 0.3 is 0 Å². The zero-order chi connectivity index (χ0) is 8.91. The molecular weight excluding hydrogens is 138 g/mol. The molecule has 0 amide bonds. The van der Waals surface area contributed by atoms with Crippen LogP contribution in [-0.2, 0) is 4.74 Å². The van der Waals surface area contributed by atoms with Gasteiger partial charge in [0.25, 0.3) is 0 Å². The van der Waals surface area contributed by atoms with Gasteiger partial charge in [-0.2, -0.15) is 0 Å². The second kappa shape index (κ2) is 4.73. The molecule has 0 bridgehead atoms. The normalized spacial score (nSPS) is 19.4. The third-order valence-electron chi connectivity index (χ3n) is 2.40. The topological polar surface area (TPSA) is 35.2 Å². The Morgan fingerprint density at radius 1 is 1.36 bits per heavy atom. The summed E-state index contributed by atoms with van der Waals surface area (Å²) in [6.45, 7) is 9.06. The minimum atomic E-state index is -0.122. The molecule has 2 atom stereocenters. The maximum Gasteiger partial charge on any atom is 0.0801 e. The van der Waals surface area contributed by atoms with Crippen LogP contribution in [0.2, 0.25) is 0 Å². The highest BCUT2D eigenvalue weighted by atomic mass is 16.5. The summed E-state index contributed by atoms with van der Waals surface area (Å²) < 4.78 is 5.61. The van der Waals surface area contributed by atoms with E-state index in [9.17, 15) is 0 Å². The van der Waals surface area contributed by atoms with Gasteiger partial charge in [-0.25, -0.2) is 0 Å². The fourth-order valence-electron chi connectivity index (χ4n) is 1.23. The Balaban J connectivity index is 4.07. The lowest BCUT2D eigenvalue weighted by atomic mass is 9.92. The smallest absolute Gasteiger partial charge is 0.0801 e. The molecular formula is C9H21NO. The molecule has 0 radical (unpaired) electrons. The first-order valence-electron chi connectivity index (χ1n) is 4.50. The Kier molecular flexibility index (Phi) is 4.69. The van der Waals surface area contributed by atoms with Crippen LogP contribution in [-0.4, -0.2) is 18.2 Å². The van der Waals surface area contributed by atoms with Gasteiger partial charge in [-0.1, -0.05) is 13.8 Å². The van der Waals surface area contributed by atoms with Crippen LogP contribution in [0.1, 0.15) is 40.5 Å². The fourth-order valence-corrected chi connectivity index (χ4v) is 1.23. The predicted octanol–water partition coefficient (Wildman–Crippen LogP) is 1.93. The van der Waals surface area contributed by atoms with E-state index in [1.165, 1.54) is 0 Å². The highest BCUT2D eigenvalue weighted by molar-refractivity contribution is 4.84. The van der Waals surface area contributed by atoms with Gasteiger partial charge in [-0.15, -0.1) is 0 Å². The molecule has 0 saturated heterocycles. The van der Waals surface area contributed by atoms with Crippen LogP contribution in [0, 0.1) is 0 Å². The molecule has 0 fully saturated rings. The van der Waals surface area contributed by atoms with E-state index in [4.69, 9.17) is 10.5 Å². The van der Waals surface area contributed by atoms with Crippen molar-refractivity contribution < 1.29 is 4.74 Å². The van der Waals surface area contributed by atoms with Crippen molar-refractivity contribution in [2.24, 2.45) is 5.73 Å². The first-order valence-corrected chi connectivity index (χ1v) is 4.50. The van der Waals surface area contributed by atoms with Gasteiger partial charge in [0.15, 0.2) is 0 Å². The molecule has 0 spiro atoms. The highest BCUT2D eigenvalue weighted by Crippen LogP contribution is 2.20. The standard InChI is InChI=1S/C9H21NO/c1-5-8(10)9(4,6-2)11-7-3/h8H,5-7,10H2,1-4H3/t8-,9?/m0/s1. The number of hydrogen-bond donors (Lipinski definition) is 1. The quantitative estimate of drug-likeness (QED) is 0.665. The van der Waals surface area contributed by atoms with Gasteiger partial charge in [0.05, 0.1) is 5.60 Å². The summed E-state index contributed by atoms with van der Waals surface area (Å²) in [6.07, 6.45) is 1.96. The minimum absolute atomic E-state index is 0.122. The van der Waals surface area contributed by atoms with Crippen molar-refractivity contribution in [3.8, 4) is 0 Å². The van der Waals surface area contributed by atoms with Crippen molar-refractivity contribution in [1.29, 1.82) is 0 Å². The van der Waals surface area contributed by atoms with Gasteiger partial charge in [-0.3, -0.25) is 0 Å². The van der Waals surface area contributed by atoms with Gasteiger partial charge in [-0.05, 0) is 26.7 Å². The minimum Gasteiger partial charge on any atom is -0.374 e.